The lowest BCUT2D eigenvalue weighted by Gasteiger charge is -2.25. The maximum Gasteiger partial charge on any atom is 0.291 e. The van der Waals surface area contributed by atoms with Crippen molar-refractivity contribution in [2.75, 3.05) is 6.54 Å². The SMILES string of the molecule is CCCCC(C(=O)NO)N1CC(c2ccccc2)C(=O)C1=O. The van der Waals surface area contributed by atoms with Crippen molar-refractivity contribution in [1.29, 1.82) is 0 Å². The van der Waals surface area contributed by atoms with Crippen molar-refractivity contribution in [1.82, 2.24) is 10.4 Å². The van der Waals surface area contributed by atoms with E-state index < -0.39 is 29.6 Å². The highest BCUT2D eigenvalue weighted by Gasteiger charge is 2.44. The molecular weight excluding hydrogens is 284 g/mol. The zero-order chi connectivity index (χ0) is 16.1. The van der Waals surface area contributed by atoms with Gasteiger partial charge in [0.25, 0.3) is 11.8 Å². The van der Waals surface area contributed by atoms with Crippen LogP contribution in [0, 0.1) is 0 Å². The molecule has 0 aromatic heterocycles. The fraction of sp³-hybridized carbons (Fsp3) is 0.438. The number of amides is 2. The summed E-state index contributed by atoms with van der Waals surface area (Å²) in [5, 5.41) is 8.88. The molecule has 0 bridgehead atoms. The zero-order valence-electron chi connectivity index (χ0n) is 12.5. The number of hydroxylamine groups is 1. The highest BCUT2D eigenvalue weighted by molar-refractivity contribution is 6.40. The summed E-state index contributed by atoms with van der Waals surface area (Å²) >= 11 is 0. The Morgan fingerprint density at radius 1 is 1.36 bits per heavy atom. The van der Waals surface area contributed by atoms with Crippen LogP contribution in [0.25, 0.3) is 0 Å². The van der Waals surface area contributed by atoms with E-state index in [2.05, 4.69) is 0 Å². The number of carbonyl (C=O) groups excluding carboxylic acids is 3. The monoisotopic (exact) mass is 304 g/mol. The Labute approximate surface area is 129 Å². The van der Waals surface area contributed by atoms with E-state index in [0.717, 1.165) is 18.4 Å². The third-order valence-corrected chi connectivity index (χ3v) is 3.99. The number of hydrogen-bond donors (Lipinski definition) is 2. The number of Topliss-reactive ketones (excluding diaryl/α,β-unsaturated/α-hetero) is 1. The molecule has 1 aromatic rings. The molecule has 6 nitrogen and oxygen atoms in total. The third-order valence-electron chi connectivity index (χ3n) is 3.99. The molecule has 1 saturated heterocycles. The molecule has 0 aliphatic carbocycles. The number of nitrogens with zero attached hydrogens (tertiary/aromatic N) is 1. The van der Waals surface area contributed by atoms with Gasteiger partial charge in [0.1, 0.15) is 6.04 Å². The zero-order valence-corrected chi connectivity index (χ0v) is 12.5. The van der Waals surface area contributed by atoms with Crippen LogP contribution in [-0.2, 0) is 14.4 Å². The molecule has 0 spiro atoms. The number of carbonyl (C=O) groups is 3. The highest BCUT2D eigenvalue weighted by Crippen LogP contribution is 2.28. The third kappa shape index (κ3) is 3.17. The summed E-state index contributed by atoms with van der Waals surface area (Å²) in [5.74, 6) is -2.36. The van der Waals surface area contributed by atoms with E-state index in [4.69, 9.17) is 5.21 Å². The molecular formula is C16H20N2O4. The molecule has 0 radical (unpaired) electrons. The summed E-state index contributed by atoms with van der Waals surface area (Å²) in [6, 6.07) is 8.25. The fourth-order valence-electron chi connectivity index (χ4n) is 2.76. The second kappa shape index (κ2) is 7.17. The summed E-state index contributed by atoms with van der Waals surface area (Å²) in [6.45, 7) is 2.14. The van der Waals surface area contributed by atoms with Gasteiger partial charge in [-0.1, -0.05) is 50.1 Å². The van der Waals surface area contributed by atoms with Gasteiger partial charge in [-0.15, -0.1) is 0 Å². The maximum absolute atomic E-state index is 12.2. The topological polar surface area (TPSA) is 86.7 Å². The van der Waals surface area contributed by atoms with Gasteiger partial charge in [-0.2, -0.15) is 0 Å². The molecule has 1 aromatic carbocycles. The van der Waals surface area contributed by atoms with Crippen LogP contribution in [0.2, 0.25) is 0 Å². The van der Waals surface area contributed by atoms with E-state index in [-0.39, 0.29) is 6.54 Å². The van der Waals surface area contributed by atoms with E-state index >= 15 is 0 Å². The van der Waals surface area contributed by atoms with Crippen molar-refractivity contribution in [2.24, 2.45) is 0 Å². The van der Waals surface area contributed by atoms with Crippen molar-refractivity contribution in [2.45, 2.75) is 38.1 Å². The van der Waals surface area contributed by atoms with Crippen LogP contribution in [-0.4, -0.2) is 40.3 Å². The van der Waals surface area contributed by atoms with E-state index in [1.54, 1.807) is 17.6 Å². The summed E-state index contributed by atoms with van der Waals surface area (Å²) in [4.78, 5) is 37.6. The number of rotatable bonds is 6. The van der Waals surface area contributed by atoms with E-state index in [9.17, 15) is 14.4 Å². The largest absolute Gasteiger partial charge is 0.323 e. The average Bonchev–Trinajstić information content (AvgIpc) is 2.84. The second-order valence-corrected chi connectivity index (χ2v) is 5.42. The van der Waals surface area contributed by atoms with E-state index in [1.165, 1.54) is 4.90 Å². The van der Waals surface area contributed by atoms with Gasteiger partial charge in [0.2, 0.25) is 5.78 Å². The quantitative estimate of drug-likeness (QED) is 0.470. The maximum atomic E-state index is 12.2. The van der Waals surface area contributed by atoms with E-state index in [0.29, 0.717) is 6.42 Å². The van der Waals surface area contributed by atoms with Gasteiger partial charge in [0.15, 0.2) is 0 Å². The lowest BCUT2D eigenvalue weighted by molar-refractivity contribution is -0.146. The minimum Gasteiger partial charge on any atom is -0.323 e. The molecule has 1 aliphatic rings. The summed E-state index contributed by atoms with van der Waals surface area (Å²) in [6.07, 6.45) is 2.00. The molecule has 1 fully saturated rings. The van der Waals surface area contributed by atoms with Crippen LogP contribution >= 0.6 is 0 Å². The Kier molecular flexibility index (Phi) is 5.27. The summed E-state index contributed by atoms with van der Waals surface area (Å²) < 4.78 is 0. The molecule has 118 valence electrons. The Morgan fingerprint density at radius 2 is 2.05 bits per heavy atom. The van der Waals surface area contributed by atoms with Crippen molar-refractivity contribution >= 4 is 17.6 Å². The lowest BCUT2D eigenvalue weighted by Crippen LogP contribution is -2.47. The van der Waals surface area contributed by atoms with Gasteiger partial charge in [-0.05, 0) is 12.0 Å². The van der Waals surface area contributed by atoms with Crippen molar-refractivity contribution in [3.63, 3.8) is 0 Å². The standard InChI is InChI=1S/C16H20N2O4/c1-2-3-9-13(15(20)17-22)18-10-12(14(19)16(18)21)11-7-5-4-6-8-11/h4-8,12-13,22H,2-3,9-10H2,1H3,(H,17,20). The molecule has 2 atom stereocenters. The Balaban J connectivity index is 2.22. The van der Waals surface area contributed by atoms with E-state index in [1.807, 2.05) is 25.1 Å². The van der Waals surface area contributed by atoms with Crippen LogP contribution in [0.1, 0.15) is 37.7 Å². The average molecular weight is 304 g/mol. The predicted molar refractivity (Wildman–Crippen MR) is 79.1 cm³/mol. The number of unbranched alkanes of at least 4 members (excludes halogenated alkanes) is 1. The molecule has 1 heterocycles. The van der Waals surface area contributed by atoms with Crippen molar-refractivity contribution in [3.05, 3.63) is 35.9 Å². The normalized spacial score (nSPS) is 19.4. The Bertz CT molecular complexity index is 559. The van der Waals surface area contributed by atoms with Crippen LogP contribution in [0.5, 0.6) is 0 Å². The summed E-state index contributed by atoms with van der Waals surface area (Å²) in [7, 11) is 0. The Hall–Kier alpha value is -2.21. The van der Waals surface area contributed by atoms with Crippen molar-refractivity contribution < 1.29 is 19.6 Å². The molecule has 2 N–H and O–H groups in total. The summed E-state index contributed by atoms with van der Waals surface area (Å²) in [5.41, 5.74) is 2.36. The van der Waals surface area contributed by atoms with Gasteiger partial charge in [-0.25, -0.2) is 5.48 Å². The second-order valence-electron chi connectivity index (χ2n) is 5.42. The van der Waals surface area contributed by atoms with Gasteiger partial charge < -0.3 is 4.90 Å². The first kappa shape index (κ1) is 16.2. The van der Waals surface area contributed by atoms with Crippen LogP contribution in [0.4, 0.5) is 0 Å². The molecule has 0 saturated carbocycles. The van der Waals surface area contributed by atoms with Gasteiger partial charge >= 0.3 is 0 Å². The molecule has 2 amide bonds. The highest BCUT2D eigenvalue weighted by atomic mass is 16.5. The first-order valence-corrected chi connectivity index (χ1v) is 7.43. The first-order valence-electron chi connectivity index (χ1n) is 7.43. The van der Waals surface area contributed by atoms with Gasteiger partial charge in [-0.3, -0.25) is 19.6 Å². The molecule has 2 rings (SSSR count). The molecule has 6 heteroatoms. The van der Waals surface area contributed by atoms with Crippen LogP contribution < -0.4 is 5.48 Å². The number of nitrogens with one attached hydrogen (secondary N) is 1. The van der Waals surface area contributed by atoms with Crippen molar-refractivity contribution in [3.8, 4) is 0 Å². The van der Waals surface area contributed by atoms with Crippen LogP contribution in [0.15, 0.2) is 30.3 Å². The number of benzene rings is 1. The molecule has 22 heavy (non-hydrogen) atoms. The Morgan fingerprint density at radius 3 is 2.64 bits per heavy atom. The van der Waals surface area contributed by atoms with Gasteiger partial charge in [0, 0.05) is 6.54 Å². The minimum atomic E-state index is -0.810. The lowest BCUT2D eigenvalue weighted by atomic mass is 9.97. The first-order chi connectivity index (χ1) is 10.6. The smallest absolute Gasteiger partial charge is 0.291 e. The minimum absolute atomic E-state index is 0.170. The fourth-order valence-corrected chi connectivity index (χ4v) is 2.76. The predicted octanol–water partition coefficient (Wildman–Crippen LogP) is 1.25. The van der Waals surface area contributed by atoms with Crippen LogP contribution in [0.3, 0.4) is 0 Å². The van der Waals surface area contributed by atoms with Gasteiger partial charge in [0.05, 0.1) is 5.92 Å². The number of ketones is 1. The molecule has 1 aliphatic heterocycles. The number of likely N-dealkylation sites (tertiary alicyclic amines) is 1. The molecule has 2 unspecified atom stereocenters. The number of hydrogen-bond acceptors (Lipinski definition) is 4.